The molecule has 3 aromatic carbocycles. The molecule has 9 nitrogen and oxygen atoms in total. The lowest BCUT2D eigenvalue weighted by molar-refractivity contribution is 0.106. The van der Waals surface area contributed by atoms with Gasteiger partial charge in [-0.2, -0.15) is 0 Å². The number of aryl methyl sites for hydroxylation is 1. The summed E-state index contributed by atoms with van der Waals surface area (Å²) < 4.78 is 48.9. The average Bonchev–Trinajstić information content (AvgIpc) is 2.94. The topological polar surface area (TPSA) is 115 Å². The summed E-state index contributed by atoms with van der Waals surface area (Å²) in [6.45, 7) is 1.40. The van der Waals surface area contributed by atoms with Crippen molar-refractivity contribution in [2.24, 2.45) is 0 Å². The van der Waals surface area contributed by atoms with Gasteiger partial charge in [-0.05, 0) is 66.1 Å². The smallest absolute Gasteiger partial charge is 0.229 e. The SMILES string of the molecule is COc1cc2c(cc1OC)C(CNC[C@@H](O)COc1ccc(OCc3ccccc3)c(NS(C)(=O)=O)c1)CCC2. The second-order valence-electron chi connectivity index (χ2n) is 9.92. The van der Waals surface area contributed by atoms with Crippen molar-refractivity contribution in [3.05, 3.63) is 77.4 Å². The molecule has 1 aliphatic carbocycles. The Labute approximate surface area is 236 Å². The Bertz CT molecular complexity index is 1370. The Morgan fingerprint density at radius 3 is 2.45 bits per heavy atom. The fourth-order valence-corrected chi connectivity index (χ4v) is 5.41. The van der Waals surface area contributed by atoms with Gasteiger partial charge in [-0.1, -0.05) is 30.3 Å². The van der Waals surface area contributed by atoms with Crippen molar-refractivity contribution in [1.29, 1.82) is 0 Å². The van der Waals surface area contributed by atoms with E-state index in [-0.39, 0.29) is 18.9 Å². The molecule has 0 aliphatic heterocycles. The molecule has 0 amide bonds. The number of rotatable bonds is 14. The Morgan fingerprint density at radius 1 is 0.975 bits per heavy atom. The minimum atomic E-state index is -3.54. The van der Waals surface area contributed by atoms with Gasteiger partial charge in [-0.3, -0.25) is 4.72 Å². The number of ether oxygens (including phenoxy) is 4. The number of sulfonamides is 1. The number of hydrogen-bond acceptors (Lipinski definition) is 8. The lowest BCUT2D eigenvalue weighted by Crippen LogP contribution is -2.34. The van der Waals surface area contributed by atoms with Gasteiger partial charge in [-0.15, -0.1) is 0 Å². The molecule has 4 rings (SSSR count). The van der Waals surface area contributed by atoms with Crippen molar-refractivity contribution in [1.82, 2.24) is 5.32 Å². The third-order valence-corrected chi connectivity index (χ3v) is 7.37. The number of aliphatic hydroxyl groups is 1. The van der Waals surface area contributed by atoms with Gasteiger partial charge in [0.05, 0.1) is 26.2 Å². The molecule has 3 N–H and O–H groups in total. The van der Waals surface area contributed by atoms with E-state index in [0.717, 1.165) is 49.1 Å². The maximum absolute atomic E-state index is 11.9. The van der Waals surface area contributed by atoms with Crippen LogP contribution >= 0.6 is 0 Å². The maximum Gasteiger partial charge on any atom is 0.229 e. The molecule has 1 aliphatic rings. The van der Waals surface area contributed by atoms with Gasteiger partial charge in [0.15, 0.2) is 11.5 Å². The quantitative estimate of drug-likeness (QED) is 0.265. The summed E-state index contributed by atoms with van der Waals surface area (Å²) in [5.41, 5.74) is 3.75. The van der Waals surface area contributed by atoms with E-state index in [2.05, 4.69) is 22.2 Å². The third-order valence-electron chi connectivity index (χ3n) is 6.78. The van der Waals surface area contributed by atoms with Gasteiger partial charge < -0.3 is 29.4 Å². The molecular formula is C30H38N2O7S. The van der Waals surface area contributed by atoms with Crippen LogP contribution in [-0.2, 0) is 23.1 Å². The Morgan fingerprint density at radius 2 is 1.73 bits per heavy atom. The van der Waals surface area contributed by atoms with Crippen molar-refractivity contribution in [2.45, 2.75) is 37.9 Å². The molecule has 10 heteroatoms. The zero-order valence-electron chi connectivity index (χ0n) is 23.2. The molecule has 0 saturated heterocycles. The van der Waals surface area contributed by atoms with E-state index < -0.39 is 16.1 Å². The number of aliphatic hydroxyl groups excluding tert-OH is 1. The minimum absolute atomic E-state index is 0.0435. The van der Waals surface area contributed by atoms with Gasteiger partial charge in [0.2, 0.25) is 10.0 Å². The molecule has 1 unspecified atom stereocenters. The van der Waals surface area contributed by atoms with Gasteiger partial charge >= 0.3 is 0 Å². The van der Waals surface area contributed by atoms with Crippen molar-refractivity contribution in [3.8, 4) is 23.0 Å². The predicted molar refractivity (Wildman–Crippen MR) is 155 cm³/mol. The average molecular weight is 571 g/mol. The van der Waals surface area contributed by atoms with E-state index >= 15 is 0 Å². The summed E-state index contributed by atoms with van der Waals surface area (Å²) in [5, 5.41) is 13.9. The summed E-state index contributed by atoms with van der Waals surface area (Å²) in [6.07, 6.45) is 3.48. The Hall–Kier alpha value is -3.47. The van der Waals surface area contributed by atoms with Crippen LogP contribution in [0.3, 0.4) is 0 Å². The monoisotopic (exact) mass is 570 g/mol. The maximum atomic E-state index is 11.9. The molecule has 3 aromatic rings. The van der Waals surface area contributed by atoms with Crippen LogP contribution in [-0.4, -0.2) is 59.8 Å². The van der Waals surface area contributed by atoms with Crippen molar-refractivity contribution in [3.63, 3.8) is 0 Å². The van der Waals surface area contributed by atoms with Crippen LogP contribution in [0.4, 0.5) is 5.69 Å². The summed E-state index contributed by atoms with van der Waals surface area (Å²) >= 11 is 0. The molecule has 0 bridgehead atoms. The second kappa shape index (κ2) is 13.7. The van der Waals surface area contributed by atoms with Gasteiger partial charge in [-0.25, -0.2) is 8.42 Å². The Kier molecular flexibility index (Phi) is 10.1. The number of nitrogens with one attached hydrogen (secondary N) is 2. The highest BCUT2D eigenvalue weighted by Gasteiger charge is 2.23. The van der Waals surface area contributed by atoms with Crippen molar-refractivity contribution >= 4 is 15.7 Å². The molecule has 0 spiro atoms. The van der Waals surface area contributed by atoms with Crippen LogP contribution in [0, 0.1) is 0 Å². The first-order chi connectivity index (χ1) is 19.3. The third kappa shape index (κ3) is 8.27. The molecule has 0 radical (unpaired) electrons. The van der Waals surface area contributed by atoms with Crippen LogP contribution in [0.1, 0.15) is 35.4 Å². The summed E-state index contributed by atoms with van der Waals surface area (Å²) in [6, 6.07) is 18.6. The van der Waals surface area contributed by atoms with Crippen LogP contribution in [0.15, 0.2) is 60.7 Å². The molecule has 40 heavy (non-hydrogen) atoms. The van der Waals surface area contributed by atoms with Gasteiger partial charge in [0, 0.05) is 19.2 Å². The standard InChI is InChI=1S/C30H38N2O7S/c1-36-29-14-22-10-7-11-23(26(22)16-30(29)37-2)17-31-18-24(33)20-38-25-12-13-28(27(15-25)32-40(3,34)35)39-19-21-8-5-4-6-9-21/h4-6,8-9,12-16,23-24,31-33H,7,10-11,17-20H2,1-3H3/t23?,24-/m1/s1. The summed E-state index contributed by atoms with van der Waals surface area (Å²) in [5.74, 6) is 2.58. The first-order valence-electron chi connectivity index (χ1n) is 13.3. The number of hydrogen-bond donors (Lipinski definition) is 3. The fourth-order valence-electron chi connectivity index (χ4n) is 4.85. The number of fused-ring (bicyclic) bond motifs is 1. The van der Waals surface area contributed by atoms with E-state index in [0.29, 0.717) is 24.0 Å². The highest BCUT2D eigenvalue weighted by Crippen LogP contribution is 2.39. The number of methoxy groups -OCH3 is 2. The van der Waals surface area contributed by atoms with Gasteiger partial charge in [0.25, 0.3) is 0 Å². The zero-order chi connectivity index (χ0) is 28.5. The number of anilines is 1. The van der Waals surface area contributed by atoms with Gasteiger partial charge in [0.1, 0.15) is 30.8 Å². The molecule has 2 atom stereocenters. The fraction of sp³-hybridized carbons (Fsp3) is 0.400. The molecule has 0 fully saturated rings. The molecular weight excluding hydrogens is 532 g/mol. The van der Waals surface area contributed by atoms with E-state index in [1.807, 2.05) is 30.3 Å². The number of benzene rings is 3. The highest BCUT2D eigenvalue weighted by atomic mass is 32.2. The van der Waals surface area contributed by atoms with E-state index in [4.69, 9.17) is 18.9 Å². The minimum Gasteiger partial charge on any atom is -0.493 e. The summed E-state index contributed by atoms with van der Waals surface area (Å²) in [7, 11) is -0.256. The summed E-state index contributed by atoms with van der Waals surface area (Å²) in [4.78, 5) is 0. The van der Waals surface area contributed by atoms with E-state index in [1.54, 1.807) is 32.4 Å². The first-order valence-corrected chi connectivity index (χ1v) is 15.2. The van der Waals surface area contributed by atoms with Crippen molar-refractivity contribution in [2.75, 3.05) is 44.9 Å². The highest BCUT2D eigenvalue weighted by molar-refractivity contribution is 7.92. The zero-order valence-corrected chi connectivity index (χ0v) is 24.0. The second-order valence-corrected chi connectivity index (χ2v) is 11.7. The van der Waals surface area contributed by atoms with Crippen LogP contribution < -0.4 is 29.0 Å². The lowest BCUT2D eigenvalue weighted by atomic mass is 9.82. The molecule has 0 saturated carbocycles. The van der Waals surface area contributed by atoms with E-state index in [1.165, 1.54) is 11.1 Å². The van der Waals surface area contributed by atoms with Crippen molar-refractivity contribution < 1.29 is 32.5 Å². The van der Waals surface area contributed by atoms with E-state index in [9.17, 15) is 13.5 Å². The molecule has 216 valence electrons. The van der Waals surface area contributed by atoms with Crippen LogP contribution in [0.5, 0.6) is 23.0 Å². The van der Waals surface area contributed by atoms with Crippen LogP contribution in [0.2, 0.25) is 0 Å². The molecule has 0 aromatic heterocycles. The largest absolute Gasteiger partial charge is 0.493 e. The predicted octanol–water partition coefficient (Wildman–Crippen LogP) is 4.10. The lowest BCUT2D eigenvalue weighted by Gasteiger charge is -2.27. The Balaban J connectivity index is 1.31. The molecule has 0 heterocycles. The first kappa shape index (κ1) is 29.5. The van der Waals surface area contributed by atoms with Crippen LogP contribution in [0.25, 0.3) is 0 Å². The normalized spacial score (nSPS) is 15.6.